The summed E-state index contributed by atoms with van der Waals surface area (Å²) in [6.45, 7) is 0.454. The van der Waals surface area contributed by atoms with Gasteiger partial charge in [0.15, 0.2) is 0 Å². The van der Waals surface area contributed by atoms with Crippen LogP contribution in [0.1, 0.15) is 33.8 Å². The average Bonchev–Trinajstić information content (AvgIpc) is 3.56. The van der Waals surface area contributed by atoms with E-state index in [-0.39, 0.29) is 30.7 Å². The highest BCUT2D eigenvalue weighted by Crippen LogP contribution is 2.44. The lowest BCUT2D eigenvalue weighted by atomic mass is 9.98. The van der Waals surface area contributed by atoms with Crippen LogP contribution in [0.15, 0.2) is 66.7 Å². The number of aromatic carboxylic acids is 1. The highest BCUT2D eigenvalue weighted by molar-refractivity contribution is 6.02. The summed E-state index contributed by atoms with van der Waals surface area (Å²) in [5, 5.41) is 14.4. The molecule has 0 aliphatic heterocycles. The molecule has 2 unspecified atom stereocenters. The Labute approximate surface area is 200 Å². The maximum atomic E-state index is 13.8. The van der Waals surface area contributed by atoms with Gasteiger partial charge in [-0.15, -0.1) is 0 Å². The number of carboxylic acid groups (broad SMARTS) is 1. The fraction of sp³-hybridized carbons (Fsp3) is 0.222. The Balaban J connectivity index is 1.12. The van der Waals surface area contributed by atoms with Gasteiger partial charge in [-0.1, -0.05) is 54.6 Å². The lowest BCUT2D eigenvalue weighted by Gasteiger charge is -2.14. The van der Waals surface area contributed by atoms with E-state index >= 15 is 0 Å². The first-order chi connectivity index (χ1) is 16.9. The van der Waals surface area contributed by atoms with Crippen molar-refractivity contribution in [2.24, 2.45) is 11.8 Å². The second-order valence-corrected chi connectivity index (χ2v) is 8.77. The molecule has 178 valence electrons. The van der Waals surface area contributed by atoms with Crippen molar-refractivity contribution in [2.75, 3.05) is 18.5 Å². The fourth-order valence-corrected chi connectivity index (χ4v) is 4.73. The molecule has 7 nitrogen and oxygen atoms in total. The van der Waals surface area contributed by atoms with Crippen molar-refractivity contribution in [2.45, 2.75) is 12.3 Å². The minimum Gasteiger partial charge on any atom is -0.478 e. The van der Waals surface area contributed by atoms with E-state index < -0.39 is 35.3 Å². The van der Waals surface area contributed by atoms with Crippen LogP contribution in [0.5, 0.6) is 0 Å². The number of amides is 2. The fourth-order valence-electron chi connectivity index (χ4n) is 4.73. The van der Waals surface area contributed by atoms with Crippen LogP contribution < -0.4 is 10.6 Å². The monoisotopic (exact) mass is 474 g/mol. The zero-order valence-corrected chi connectivity index (χ0v) is 18.7. The number of alkyl carbamates (subject to hydrolysis) is 1. The van der Waals surface area contributed by atoms with Crippen molar-refractivity contribution >= 4 is 23.7 Å². The van der Waals surface area contributed by atoms with Gasteiger partial charge in [-0.25, -0.2) is 14.0 Å². The lowest BCUT2D eigenvalue weighted by molar-refractivity contribution is -0.117. The molecule has 2 atom stereocenters. The summed E-state index contributed by atoms with van der Waals surface area (Å²) in [6, 6.07) is 19.8. The highest BCUT2D eigenvalue weighted by atomic mass is 19.1. The molecule has 3 aromatic rings. The summed E-state index contributed by atoms with van der Waals surface area (Å²) in [6.07, 6.45) is -0.0241. The molecule has 2 amide bonds. The SMILES string of the molecule is O=C(NCC1CC1C(=O)Nc1cccc(F)c1C(=O)O)OCC1c2ccccc2-c2ccccc21. The Morgan fingerprint density at radius 3 is 2.26 bits per heavy atom. The maximum absolute atomic E-state index is 13.8. The predicted molar refractivity (Wildman–Crippen MR) is 127 cm³/mol. The van der Waals surface area contributed by atoms with E-state index in [1.54, 1.807) is 0 Å². The number of halogens is 1. The van der Waals surface area contributed by atoms with Crippen molar-refractivity contribution in [1.82, 2.24) is 5.32 Å². The van der Waals surface area contributed by atoms with Crippen LogP contribution in [0.25, 0.3) is 11.1 Å². The van der Waals surface area contributed by atoms with Crippen LogP contribution >= 0.6 is 0 Å². The molecule has 5 rings (SSSR count). The number of carboxylic acids is 1. The molecule has 8 heteroatoms. The normalized spacial score (nSPS) is 17.7. The van der Waals surface area contributed by atoms with E-state index in [4.69, 9.17) is 4.74 Å². The number of rotatable bonds is 7. The minimum absolute atomic E-state index is 0.0395. The average molecular weight is 474 g/mol. The molecular formula is C27H23FN2O5. The number of anilines is 1. The Bertz CT molecular complexity index is 1280. The number of ether oxygens (including phenoxy) is 1. The quantitative estimate of drug-likeness (QED) is 0.463. The standard InChI is InChI=1S/C27H23FN2O5/c28-22-10-5-11-23(24(22)26(32)33)30-25(31)20-12-15(20)13-29-27(34)35-14-21-18-8-3-1-6-16(18)17-7-2-4-9-19(17)21/h1-11,15,20-21H,12-14H2,(H,29,34)(H,30,31)(H,32,33). The van der Waals surface area contributed by atoms with Crippen molar-refractivity contribution in [3.05, 3.63) is 89.2 Å². The number of carbonyl (C=O) groups is 3. The summed E-state index contributed by atoms with van der Waals surface area (Å²) < 4.78 is 19.3. The Morgan fingerprint density at radius 1 is 0.943 bits per heavy atom. The van der Waals surface area contributed by atoms with Crippen molar-refractivity contribution in [1.29, 1.82) is 0 Å². The number of hydrogen-bond donors (Lipinski definition) is 3. The van der Waals surface area contributed by atoms with Crippen LogP contribution in [0.2, 0.25) is 0 Å². The van der Waals surface area contributed by atoms with E-state index in [9.17, 15) is 23.9 Å². The molecule has 0 heterocycles. The van der Waals surface area contributed by atoms with Gasteiger partial charge in [-0.2, -0.15) is 0 Å². The largest absolute Gasteiger partial charge is 0.478 e. The number of hydrogen-bond acceptors (Lipinski definition) is 4. The van der Waals surface area contributed by atoms with Crippen LogP contribution in [-0.2, 0) is 9.53 Å². The zero-order valence-electron chi connectivity index (χ0n) is 18.7. The van der Waals surface area contributed by atoms with Crippen molar-refractivity contribution in [3.8, 4) is 11.1 Å². The molecule has 3 aromatic carbocycles. The zero-order chi connectivity index (χ0) is 24.5. The van der Waals surface area contributed by atoms with E-state index in [1.807, 2.05) is 36.4 Å². The molecule has 2 aliphatic rings. The van der Waals surface area contributed by atoms with Gasteiger partial charge < -0.3 is 20.5 Å². The molecule has 2 aliphatic carbocycles. The molecule has 1 fully saturated rings. The summed E-state index contributed by atoms with van der Waals surface area (Å²) in [5.41, 5.74) is 3.88. The minimum atomic E-state index is -1.46. The van der Waals surface area contributed by atoms with Gasteiger partial charge in [0.25, 0.3) is 0 Å². The Kier molecular flexibility index (Phi) is 5.94. The van der Waals surface area contributed by atoms with Crippen LogP contribution in [0.4, 0.5) is 14.9 Å². The van der Waals surface area contributed by atoms with Crippen LogP contribution in [-0.4, -0.2) is 36.2 Å². The third-order valence-corrected chi connectivity index (χ3v) is 6.60. The number of benzene rings is 3. The smallest absolute Gasteiger partial charge is 0.407 e. The first-order valence-electron chi connectivity index (χ1n) is 11.4. The van der Waals surface area contributed by atoms with Crippen molar-refractivity contribution in [3.63, 3.8) is 0 Å². The van der Waals surface area contributed by atoms with E-state index in [2.05, 4.69) is 22.8 Å². The molecular weight excluding hydrogens is 451 g/mol. The van der Waals surface area contributed by atoms with E-state index in [0.29, 0.717) is 6.42 Å². The molecule has 0 saturated heterocycles. The van der Waals surface area contributed by atoms with Crippen LogP contribution in [0, 0.1) is 17.7 Å². The van der Waals surface area contributed by atoms with Gasteiger partial charge in [-0.05, 0) is 46.7 Å². The highest BCUT2D eigenvalue weighted by Gasteiger charge is 2.43. The number of carbonyl (C=O) groups excluding carboxylic acids is 2. The van der Waals surface area contributed by atoms with Gasteiger partial charge in [0.1, 0.15) is 18.0 Å². The van der Waals surface area contributed by atoms with Gasteiger partial charge >= 0.3 is 12.1 Å². The number of nitrogens with one attached hydrogen (secondary N) is 2. The first kappa shape index (κ1) is 22.6. The molecule has 0 aromatic heterocycles. The van der Waals surface area contributed by atoms with Crippen molar-refractivity contribution < 1.29 is 28.6 Å². The van der Waals surface area contributed by atoms with Gasteiger partial charge in [0.2, 0.25) is 5.91 Å². The summed E-state index contributed by atoms with van der Waals surface area (Å²) in [4.78, 5) is 36.1. The first-order valence-corrected chi connectivity index (χ1v) is 11.4. The van der Waals surface area contributed by atoms with Crippen LogP contribution in [0.3, 0.4) is 0 Å². The predicted octanol–water partition coefficient (Wildman–Crippen LogP) is 4.64. The third-order valence-electron chi connectivity index (χ3n) is 6.60. The third kappa shape index (κ3) is 4.47. The van der Waals surface area contributed by atoms with Gasteiger partial charge in [0, 0.05) is 18.4 Å². The molecule has 1 saturated carbocycles. The molecule has 0 spiro atoms. The topological polar surface area (TPSA) is 105 Å². The van der Waals surface area contributed by atoms with Gasteiger partial charge in [0.05, 0.1) is 5.69 Å². The Morgan fingerprint density at radius 2 is 1.60 bits per heavy atom. The van der Waals surface area contributed by atoms with Gasteiger partial charge in [-0.3, -0.25) is 4.79 Å². The summed E-state index contributed by atoms with van der Waals surface area (Å²) >= 11 is 0. The number of fused-ring (bicyclic) bond motifs is 3. The molecule has 0 bridgehead atoms. The second kappa shape index (κ2) is 9.21. The maximum Gasteiger partial charge on any atom is 0.407 e. The van der Waals surface area contributed by atoms with E-state index in [1.165, 1.54) is 12.1 Å². The Hall–Kier alpha value is -4.20. The summed E-state index contributed by atoms with van der Waals surface area (Å²) in [5.74, 6) is -3.31. The summed E-state index contributed by atoms with van der Waals surface area (Å²) in [7, 11) is 0. The molecule has 0 radical (unpaired) electrons. The van der Waals surface area contributed by atoms with E-state index in [0.717, 1.165) is 28.3 Å². The molecule has 35 heavy (non-hydrogen) atoms. The lowest BCUT2D eigenvalue weighted by Crippen LogP contribution is -2.29. The second-order valence-electron chi connectivity index (χ2n) is 8.77. The molecule has 3 N–H and O–H groups in total.